The van der Waals surface area contributed by atoms with Crippen molar-refractivity contribution >= 4 is 34.8 Å². The van der Waals surface area contributed by atoms with Gasteiger partial charge in [0.05, 0.1) is 15.6 Å². The summed E-state index contributed by atoms with van der Waals surface area (Å²) in [4.78, 5) is 19.8. The predicted molar refractivity (Wildman–Crippen MR) is 66.3 cm³/mol. The van der Waals surface area contributed by atoms with Gasteiger partial charge in [0.25, 0.3) is 0 Å². The molecule has 0 atom stereocenters. The number of nitrogens with two attached hydrogens (primary N) is 1. The van der Waals surface area contributed by atoms with E-state index in [1.54, 1.807) is 12.1 Å². The molecule has 0 amide bonds. The molecule has 0 unspecified atom stereocenters. The summed E-state index contributed by atoms with van der Waals surface area (Å²) in [5.41, 5.74) is 5.98. The topological polar surface area (TPSA) is 68.9 Å². The molecular formula is C11H7Cl2N3O. The van der Waals surface area contributed by atoms with Crippen molar-refractivity contribution in [3.8, 4) is 0 Å². The summed E-state index contributed by atoms with van der Waals surface area (Å²) >= 11 is 11.6. The van der Waals surface area contributed by atoms with Crippen molar-refractivity contribution in [2.24, 2.45) is 0 Å². The molecule has 0 aliphatic heterocycles. The summed E-state index contributed by atoms with van der Waals surface area (Å²) < 4.78 is 0. The maximum absolute atomic E-state index is 12.1. The molecule has 0 saturated carbocycles. The van der Waals surface area contributed by atoms with Gasteiger partial charge in [0, 0.05) is 12.4 Å². The number of nitrogen functional groups attached to an aromatic ring is 1. The highest BCUT2D eigenvalue weighted by molar-refractivity contribution is 6.37. The van der Waals surface area contributed by atoms with E-state index < -0.39 is 0 Å². The number of carbonyl (C=O) groups excluding carboxylic acids is 1. The Morgan fingerprint density at radius 2 is 2.06 bits per heavy atom. The first-order chi connectivity index (χ1) is 8.09. The lowest BCUT2D eigenvalue weighted by Gasteiger charge is -2.04. The molecular weight excluding hydrogens is 261 g/mol. The number of hydrogen-bond donors (Lipinski definition) is 1. The molecule has 2 heterocycles. The van der Waals surface area contributed by atoms with Crippen LogP contribution in [0.15, 0.2) is 30.6 Å². The Morgan fingerprint density at radius 3 is 2.71 bits per heavy atom. The van der Waals surface area contributed by atoms with Gasteiger partial charge in [0.1, 0.15) is 11.5 Å². The van der Waals surface area contributed by atoms with Crippen LogP contribution >= 0.6 is 23.2 Å². The third kappa shape index (κ3) is 2.38. The van der Waals surface area contributed by atoms with Crippen LogP contribution in [-0.4, -0.2) is 15.8 Å². The number of hydrogen-bond acceptors (Lipinski definition) is 4. The van der Waals surface area contributed by atoms with Crippen molar-refractivity contribution in [1.29, 1.82) is 0 Å². The van der Waals surface area contributed by atoms with Crippen molar-refractivity contribution in [1.82, 2.24) is 9.97 Å². The molecule has 2 aromatic heterocycles. The van der Waals surface area contributed by atoms with Crippen molar-refractivity contribution in [2.75, 3.05) is 5.73 Å². The lowest BCUT2D eigenvalue weighted by Crippen LogP contribution is -2.09. The van der Waals surface area contributed by atoms with E-state index >= 15 is 0 Å². The summed E-state index contributed by atoms with van der Waals surface area (Å²) in [7, 11) is 0. The van der Waals surface area contributed by atoms with Crippen LogP contribution in [0.2, 0.25) is 10.0 Å². The maximum Gasteiger partial charge on any atom is 0.216 e. The minimum absolute atomic E-state index is 0.107. The van der Waals surface area contributed by atoms with E-state index in [0.29, 0.717) is 5.02 Å². The number of aromatic nitrogens is 2. The van der Waals surface area contributed by atoms with Gasteiger partial charge in [-0.1, -0.05) is 23.2 Å². The van der Waals surface area contributed by atoms with E-state index in [-0.39, 0.29) is 27.9 Å². The van der Waals surface area contributed by atoms with Crippen LogP contribution in [-0.2, 0) is 0 Å². The predicted octanol–water partition coefficient (Wildman–Crippen LogP) is 2.60. The standard InChI is InChI=1S/C11H7Cl2N3O/c12-6-4-8(13)9(16-5-6)10(17)7-2-1-3-15-11(7)14/h1-5H,(H2,14,15). The molecule has 0 radical (unpaired) electrons. The Kier molecular flexibility index (Phi) is 3.26. The highest BCUT2D eigenvalue weighted by Gasteiger charge is 2.17. The third-order valence-corrected chi connectivity index (χ3v) is 2.60. The molecule has 86 valence electrons. The van der Waals surface area contributed by atoms with Crippen LogP contribution in [0.5, 0.6) is 0 Å². The third-order valence-electron chi connectivity index (χ3n) is 2.11. The molecule has 6 heteroatoms. The molecule has 4 nitrogen and oxygen atoms in total. The molecule has 0 spiro atoms. The summed E-state index contributed by atoms with van der Waals surface area (Å²) in [6.07, 6.45) is 2.86. The lowest BCUT2D eigenvalue weighted by atomic mass is 10.1. The zero-order valence-electron chi connectivity index (χ0n) is 8.52. The van der Waals surface area contributed by atoms with Crippen molar-refractivity contribution in [2.45, 2.75) is 0 Å². The zero-order valence-corrected chi connectivity index (χ0v) is 10.0. The maximum atomic E-state index is 12.1. The van der Waals surface area contributed by atoms with E-state index in [4.69, 9.17) is 28.9 Å². The first kappa shape index (κ1) is 11.8. The minimum Gasteiger partial charge on any atom is -0.383 e. The van der Waals surface area contributed by atoms with Gasteiger partial charge in [-0.05, 0) is 18.2 Å². The molecule has 0 saturated heterocycles. The second-order valence-corrected chi connectivity index (χ2v) is 4.09. The van der Waals surface area contributed by atoms with Gasteiger partial charge in [0.15, 0.2) is 0 Å². The fourth-order valence-electron chi connectivity index (χ4n) is 1.32. The van der Waals surface area contributed by atoms with E-state index in [0.717, 1.165) is 0 Å². The average Bonchev–Trinajstić information content (AvgIpc) is 2.29. The minimum atomic E-state index is -0.378. The summed E-state index contributed by atoms with van der Waals surface area (Å²) in [6.45, 7) is 0. The first-order valence-corrected chi connectivity index (χ1v) is 5.41. The number of rotatable bonds is 2. The van der Waals surface area contributed by atoms with Gasteiger partial charge in [-0.25, -0.2) is 9.97 Å². The number of halogens is 2. The normalized spacial score (nSPS) is 10.2. The van der Waals surface area contributed by atoms with Gasteiger partial charge >= 0.3 is 0 Å². The van der Waals surface area contributed by atoms with Gasteiger partial charge in [-0.15, -0.1) is 0 Å². The second-order valence-electron chi connectivity index (χ2n) is 3.25. The molecule has 2 aromatic rings. The zero-order chi connectivity index (χ0) is 12.4. The van der Waals surface area contributed by atoms with Crippen LogP contribution in [0.25, 0.3) is 0 Å². The van der Waals surface area contributed by atoms with E-state index in [2.05, 4.69) is 9.97 Å². The smallest absolute Gasteiger partial charge is 0.216 e. The van der Waals surface area contributed by atoms with E-state index in [1.807, 2.05) is 0 Å². The molecule has 0 aliphatic rings. The molecule has 0 bridgehead atoms. The fraction of sp³-hybridized carbons (Fsp3) is 0. The van der Waals surface area contributed by atoms with Crippen LogP contribution in [0.1, 0.15) is 16.1 Å². The molecule has 2 N–H and O–H groups in total. The Morgan fingerprint density at radius 1 is 1.29 bits per heavy atom. The Hall–Kier alpha value is -1.65. The second kappa shape index (κ2) is 4.69. The Balaban J connectivity index is 2.48. The van der Waals surface area contributed by atoms with Crippen LogP contribution in [0, 0.1) is 0 Å². The Labute approximate surface area is 107 Å². The SMILES string of the molecule is Nc1ncccc1C(=O)c1ncc(Cl)cc1Cl. The van der Waals surface area contributed by atoms with Crippen LogP contribution in [0.3, 0.4) is 0 Å². The summed E-state index contributed by atoms with van der Waals surface area (Å²) in [5, 5.41) is 0.552. The molecule has 17 heavy (non-hydrogen) atoms. The number of anilines is 1. The highest BCUT2D eigenvalue weighted by atomic mass is 35.5. The van der Waals surface area contributed by atoms with E-state index in [9.17, 15) is 4.79 Å². The van der Waals surface area contributed by atoms with Gasteiger partial charge in [0.2, 0.25) is 5.78 Å². The molecule has 0 aromatic carbocycles. The summed E-state index contributed by atoms with van der Waals surface area (Å²) in [5.74, 6) is -0.234. The molecule has 2 rings (SSSR count). The summed E-state index contributed by atoms with van der Waals surface area (Å²) in [6, 6.07) is 4.64. The number of pyridine rings is 2. The van der Waals surface area contributed by atoms with Gasteiger partial charge in [-0.2, -0.15) is 0 Å². The first-order valence-electron chi connectivity index (χ1n) is 4.66. The number of nitrogens with zero attached hydrogens (tertiary/aromatic N) is 2. The van der Waals surface area contributed by atoms with Crippen molar-refractivity contribution < 1.29 is 4.79 Å². The monoisotopic (exact) mass is 267 g/mol. The molecule has 0 aliphatic carbocycles. The average molecular weight is 268 g/mol. The fourth-order valence-corrected chi connectivity index (χ4v) is 1.78. The molecule has 0 fully saturated rings. The highest BCUT2D eigenvalue weighted by Crippen LogP contribution is 2.22. The lowest BCUT2D eigenvalue weighted by molar-refractivity contribution is 0.103. The Bertz CT molecular complexity index is 587. The van der Waals surface area contributed by atoms with Crippen LogP contribution < -0.4 is 5.73 Å². The largest absolute Gasteiger partial charge is 0.383 e. The van der Waals surface area contributed by atoms with Crippen molar-refractivity contribution in [3.63, 3.8) is 0 Å². The quantitative estimate of drug-likeness (QED) is 0.850. The number of carbonyl (C=O) groups is 1. The van der Waals surface area contributed by atoms with E-state index in [1.165, 1.54) is 18.5 Å². The van der Waals surface area contributed by atoms with Crippen LogP contribution in [0.4, 0.5) is 5.82 Å². The van der Waals surface area contributed by atoms with Gasteiger partial charge < -0.3 is 5.73 Å². The van der Waals surface area contributed by atoms with Crippen molar-refractivity contribution in [3.05, 3.63) is 51.9 Å². The number of ketones is 1. The van der Waals surface area contributed by atoms with Gasteiger partial charge in [-0.3, -0.25) is 4.79 Å².